The summed E-state index contributed by atoms with van der Waals surface area (Å²) in [5.74, 6) is -1.20. The Hall–Kier alpha value is -3.18. The summed E-state index contributed by atoms with van der Waals surface area (Å²) in [5.41, 5.74) is 6.24. The molecule has 0 spiro atoms. The summed E-state index contributed by atoms with van der Waals surface area (Å²) in [6.07, 6.45) is 14.4. The standard InChI is InChI=1S/C30H44ClN3O7/c1-19(2)27(28(36)33-17-9-11-23(40-30(32)38)14-13-22(5)31)34-26(35)12-8-7-10-20(3)18-21(4)24-15-16-25(39-6)29(37)41-24/h7-10,12-13,16-19,21,23-24,27,30,38H,11,14-15,32H2,1-6H3,(H,33,36)(H,34,35)/b10-7+,12-8-,17-9-,20-18+,22-13+. The van der Waals surface area contributed by atoms with Gasteiger partial charge in [0, 0.05) is 23.4 Å². The van der Waals surface area contributed by atoms with Crippen molar-refractivity contribution in [1.82, 2.24) is 10.6 Å². The van der Waals surface area contributed by atoms with Gasteiger partial charge in [-0.1, -0.05) is 74.4 Å². The number of nitrogens with two attached hydrogens (primary N) is 1. The zero-order valence-electron chi connectivity index (χ0n) is 24.6. The average Bonchev–Trinajstić information content (AvgIpc) is 2.89. The number of aliphatic hydroxyl groups is 1. The average molecular weight is 594 g/mol. The van der Waals surface area contributed by atoms with Crippen molar-refractivity contribution in [1.29, 1.82) is 0 Å². The Balaban J connectivity index is 2.62. The monoisotopic (exact) mass is 593 g/mol. The lowest BCUT2D eigenvalue weighted by molar-refractivity contribution is -0.151. The first-order valence-corrected chi connectivity index (χ1v) is 13.9. The summed E-state index contributed by atoms with van der Waals surface area (Å²) >= 11 is 5.85. The predicted octanol–water partition coefficient (Wildman–Crippen LogP) is 3.84. The van der Waals surface area contributed by atoms with Crippen LogP contribution in [0.1, 0.15) is 53.9 Å². The van der Waals surface area contributed by atoms with Crippen molar-refractivity contribution in [2.45, 2.75) is 78.5 Å². The maximum absolute atomic E-state index is 12.7. The molecule has 0 aromatic carbocycles. The lowest BCUT2D eigenvalue weighted by atomic mass is 9.97. The van der Waals surface area contributed by atoms with Crippen LogP contribution in [-0.4, -0.2) is 54.7 Å². The van der Waals surface area contributed by atoms with E-state index in [-0.39, 0.29) is 29.6 Å². The van der Waals surface area contributed by atoms with E-state index in [1.807, 2.05) is 39.8 Å². The van der Waals surface area contributed by atoms with Crippen LogP contribution < -0.4 is 16.4 Å². The highest BCUT2D eigenvalue weighted by atomic mass is 35.5. The summed E-state index contributed by atoms with van der Waals surface area (Å²) in [4.78, 5) is 37.0. The van der Waals surface area contributed by atoms with Gasteiger partial charge in [0.05, 0.1) is 13.2 Å². The molecule has 5 N–H and O–H groups in total. The van der Waals surface area contributed by atoms with Crippen molar-refractivity contribution < 1.29 is 33.7 Å². The van der Waals surface area contributed by atoms with Crippen LogP contribution in [0, 0.1) is 11.8 Å². The van der Waals surface area contributed by atoms with Gasteiger partial charge in [-0.15, -0.1) is 0 Å². The SMILES string of the molecule is COC1=CCC(C(C)/C=C(C)/C=C/C=C\C(=O)NC(C(=O)N/C=C\CC(C/C=C(\C)Cl)OC(N)O)C(C)C)OC1=O. The third-order valence-electron chi connectivity index (χ3n) is 6.03. The van der Waals surface area contributed by atoms with Gasteiger partial charge < -0.3 is 30.0 Å². The molecule has 228 valence electrons. The van der Waals surface area contributed by atoms with Crippen molar-refractivity contribution >= 4 is 29.4 Å². The zero-order valence-corrected chi connectivity index (χ0v) is 25.4. The second-order valence-electron chi connectivity index (χ2n) is 9.99. The minimum atomic E-state index is -1.43. The molecule has 1 rings (SSSR count). The van der Waals surface area contributed by atoms with Gasteiger partial charge >= 0.3 is 5.97 Å². The molecule has 1 aliphatic rings. The molecule has 41 heavy (non-hydrogen) atoms. The molecule has 11 heteroatoms. The van der Waals surface area contributed by atoms with E-state index in [1.54, 1.807) is 37.3 Å². The number of cyclic esters (lactones) is 1. The lowest BCUT2D eigenvalue weighted by Crippen LogP contribution is -2.48. The number of methoxy groups -OCH3 is 1. The molecule has 2 amide bonds. The summed E-state index contributed by atoms with van der Waals surface area (Å²) in [6, 6.07) is -0.756. The topological polar surface area (TPSA) is 149 Å². The summed E-state index contributed by atoms with van der Waals surface area (Å²) < 4.78 is 15.6. The van der Waals surface area contributed by atoms with Crippen LogP contribution in [-0.2, 0) is 28.6 Å². The Labute approximate surface area is 248 Å². The van der Waals surface area contributed by atoms with E-state index in [0.717, 1.165) is 5.57 Å². The van der Waals surface area contributed by atoms with Crippen molar-refractivity contribution in [2.75, 3.05) is 7.11 Å². The predicted molar refractivity (Wildman–Crippen MR) is 159 cm³/mol. The number of ether oxygens (including phenoxy) is 3. The Kier molecular flexibility index (Phi) is 16.6. The highest BCUT2D eigenvalue weighted by Gasteiger charge is 2.27. The van der Waals surface area contributed by atoms with Gasteiger partial charge in [0.25, 0.3) is 0 Å². The highest BCUT2D eigenvalue weighted by Crippen LogP contribution is 2.22. The molecule has 0 saturated heterocycles. The molecule has 0 radical (unpaired) electrons. The van der Waals surface area contributed by atoms with Gasteiger partial charge in [-0.2, -0.15) is 0 Å². The molecule has 0 aromatic rings. The summed E-state index contributed by atoms with van der Waals surface area (Å²) in [5, 5.41) is 15.3. The summed E-state index contributed by atoms with van der Waals surface area (Å²) in [7, 11) is 1.44. The minimum absolute atomic E-state index is 0.0118. The number of nitrogens with one attached hydrogen (secondary N) is 2. The van der Waals surface area contributed by atoms with Gasteiger partial charge in [0.15, 0.2) is 5.76 Å². The van der Waals surface area contributed by atoms with Gasteiger partial charge in [0.2, 0.25) is 18.2 Å². The van der Waals surface area contributed by atoms with Crippen LogP contribution in [0.15, 0.2) is 71.2 Å². The molecule has 1 aliphatic heterocycles. The first-order chi connectivity index (χ1) is 19.3. The number of hydrogen-bond acceptors (Lipinski definition) is 8. The molecule has 1 heterocycles. The molecular weight excluding hydrogens is 550 g/mol. The molecule has 0 aromatic heterocycles. The number of carbonyl (C=O) groups is 3. The van der Waals surface area contributed by atoms with Gasteiger partial charge in [0.1, 0.15) is 12.1 Å². The smallest absolute Gasteiger partial charge is 0.373 e. The Morgan fingerprint density at radius 3 is 2.49 bits per heavy atom. The van der Waals surface area contributed by atoms with Crippen LogP contribution in [0.25, 0.3) is 0 Å². The number of aliphatic hydroxyl groups excluding tert-OH is 1. The fourth-order valence-corrected chi connectivity index (χ4v) is 3.94. The molecule has 0 fully saturated rings. The third kappa shape index (κ3) is 14.9. The highest BCUT2D eigenvalue weighted by molar-refractivity contribution is 6.29. The Bertz CT molecular complexity index is 1060. The molecule has 0 aliphatic carbocycles. The number of halogens is 1. The number of esters is 1. The quantitative estimate of drug-likeness (QED) is 0.0912. The lowest BCUT2D eigenvalue weighted by Gasteiger charge is -2.25. The van der Waals surface area contributed by atoms with Gasteiger partial charge in [-0.3, -0.25) is 15.3 Å². The first-order valence-electron chi connectivity index (χ1n) is 13.5. The Morgan fingerprint density at radius 2 is 1.90 bits per heavy atom. The van der Waals surface area contributed by atoms with E-state index in [9.17, 15) is 19.5 Å². The second-order valence-corrected chi connectivity index (χ2v) is 10.6. The van der Waals surface area contributed by atoms with Crippen molar-refractivity contribution in [3.05, 3.63) is 71.2 Å². The largest absolute Gasteiger partial charge is 0.490 e. The number of allylic oxidation sites excluding steroid dienone is 5. The zero-order chi connectivity index (χ0) is 30.9. The van der Waals surface area contributed by atoms with E-state index in [1.165, 1.54) is 19.4 Å². The van der Waals surface area contributed by atoms with Crippen LogP contribution in [0.4, 0.5) is 0 Å². The molecule has 5 unspecified atom stereocenters. The van der Waals surface area contributed by atoms with Crippen LogP contribution in [0.3, 0.4) is 0 Å². The fourth-order valence-electron chi connectivity index (χ4n) is 3.85. The molecular formula is C30H44ClN3O7. The fraction of sp³-hybridized carbons (Fsp3) is 0.500. The van der Waals surface area contributed by atoms with E-state index < -0.39 is 30.4 Å². The molecule has 5 atom stereocenters. The minimum Gasteiger partial charge on any atom is -0.490 e. The number of hydrogen-bond donors (Lipinski definition) is 4. The van der Waals surface area contributed by atoms with E-state index >= 15 is 0 Å². The van der Waals surface area contributed by atoms with Gasteiger partial charge in [-0.05, 0) is 44.9 Å². The normalized spacial score (nSPS) is 19.7. The molecule has 10 nitrogen and oxygen atoms in total. The van der Waals surface area contributed by atoms with E-state index in [2.05, 4.69) is 10.6 Å². The van der Waals surface area contributed by atoms with Crippen molar-refractivity contribution in [2.24, 2.45) is 17.6 Å². The Morgan fingerprint density at radius 1 is 1.22 bits per heavy atom. The molecule has 0 bridgehead atoms. The van der Waals surface area contributed by atoms with Crippen LogP contribution in [0.2, 0.25) is 0 Å². The first kappa shape index (κ1) is 35.8. The maximum atomic E-state index is 12.7. The molecule has 0 saturated carbocycles. The van der Waals surface area contributed by atoms with Gasteiger partial charge in [-0.25, -0.2) is 4.79 Å². The number of carbonyl (C=O) groups excluding carboxylic acids is 3. The van der Waals surface area contributed by atoms with Crippen molar-refractivity contribution in [3.8, 4) is 0 Å². The third-order valence-corrected chi connectivity index (χ3v) is 6.18. The van der Waals surface area contributed by atoms with E-state index in [4.69, 9.17) is 31.5 Å². The van der Waals surface area contributed by atoms with Crippen molar-refractivity contribution in [3.63, 3.8) is 0 Å². The number of rotatable bonds is 16. The van der Waals surface area contributed by atoms with Crippen LogP contribution in [0.5, 0.6) is 0 Å². The van der Waals surface area contributed by atoms with E-state index in [0.29, 0.717) is 24.3 Å². The number of amides is 2. The maximum Gasteiger partial charge on any atom is 0.373 e. The second kappa shape index (κ2) is 19.0. The van der Waals surface area contributed by atoms with Crippen LogP contribution >= 0.6 is 11.6 Å². The summed E-state index contributed by atoms with van der Waals surface area (Å²) in [6.45, 7) is 9.27.